The Hall–Kier alpha value is -1.35. The molecule has 1 aromatic carbocycles. The van der Waals surface area contributed by atoms with Gasteiger partial charge in [0, 0.05) is 19.1 Å². The Bertz CT molecular complexity index is 414. The maximum absolute atomic E-state index is 12.1. The van der Waals surface area contributed by atoms with Gasteiger partial charge in [-0.1, -0.05) is 51.1 Å². The van der Waals surface area contributed by atoms with Crippen LogP contribution in [-0.4, -0.2) is 30.0 Å². The highest BCUT2D eigenvalue weighted by Gasteiger charge is 2.20. The van der Waals surface area contributed by atoms with Gasteiger partial charge in [0.1, 0.15) is 6.61 Å². The number of carbonyl (C=O) groups is 1. The summed E-state index contributed by atoms with van der Waals surface area (Å²) < 4.78 is 5.41. The summed E-state index contributed by atoms with van der Waals surface area (Å²) in [5.41, 5.74) is 1.03. The largest absolute Gasteiger partial charge is 0.461 e. The second kappa shape index (κ2) is 8.83. The van der Waals surface area contributed by atoms with Gasteiger partial charge in [0.2, 0.25) is 0 Å². The summed E-state index contributed by atoms with van der Waals surface area (Å²) in [6, 6.07) is 10.2. The predicted molar refractivity (Wildman–Crippen MR) is 86.9 cm³/mol. The summed E-state index contributed by atoms with van der Waals surface area (Å²) in [4.78, 5) is 14.5. The lowest BCUT2D eigenvalue weighted by Crippen LogP contribution is -2.39. The molecule has 21 heavy (non-hydrogen) atoms. The van der Waals surface area contributed by atoms with Gasteiger partial charge in [-0.15, -0.1) is 0 Å². The van der Waals surface area contributed by atoms with Crippen LogP contribution in [0.15, 0.2) is 30.3 Å². The minimum Gasteiger partial charge on any atom is -0.461 e. The first kappa shape index (κ1) is 17.7. The fourth-order valence-electron chi connectivity index (χ4n) is 2.26. The van der Waals surface area contributed by atoms with Crippen LogP contribution in [0, 0.1) is 11.8 Å². The van der Waals surface area contributed by atoms with Gasteiger partial charge in [0.05, 0.1) is 5.92 Å². The zero-order chi connectivity index (χ0) is 15.8. The molecule has 1 atom stereocenters. The van der Waals surface area contributed by atoms with E-state index in [1.54, 1.807) is 0 Å². The Morgan fingerprint density at radius 1 is 1.05 bits per heavy atom. The van der Waals surface area contributed by atoms with Gasteiger partial charge in [-0.3, -0.25) is 9.69 Å². The second-order valence-electron chi connectivity index (χ2n) is 6.44. The van der Waals surface area contributed by atoms with Crippen LogP contribution in [0.25, 0.3) is 0 Å². The zero-order valence-corrected chi connectivity index (χ0v) is 14.0. The number of ether oxygens (including phenoxy) is 1. The Labute approximate surface area is 129 Å². The van der Waals surface area contributed by atoms with E-state index in [0.29, 0.717) is 18.6 Å². The normalized spacial score (nSPS) is 13.0. The smallest absolute Gasteiger partial charge is 0.310 e. The lowest BCUT2D eigenvalue weighted by Gasteiger charge is -2.30. The van der Waals surface area contributed by atoms with Crippen LogP contribution in [0.2, 0.25) is 0 Å². The van der Waals surface area contributed by atoms with Crippen LogP contribution in [0.3, 0.4) is 0 Å². The lowest BCUT2D eigenvalue weighted by atomic mass is 10.1. The summed E-state index contributed by atoms with van der Waals surface area (Å²) in [7, 11) is 0. The number of hydrogen-bond donors (Lipinski definition) is 0. The van der Waals surface area contributed by atoms with Crippen LogP contribution in [-0.2, 0) is 16.1 Å². The standard InChI is InChI=1S/C18H29NO2/c1-14(2)11-19(15(3)4)12-16(5)18(20)21-13-17-9-7-6-8-10-17/h6-10,14-16H,11-13H2,1-5H3. The maximum Gasteiger partial charge on any atom is 0.310 e. The van der Waals surface area contributed by atoms with E-state index in [9.17, 15) is 4.79 Å². The molecular formula is C18H29NO2. The van der Waals surface area contributed by atoms with Gasteiger partial charge in [0.25, 0.3) is 0 Å². The van der Waals surface area contributed by atoms with Gasteiger partial charge in [-0.25, -0.2) is 0 Å². The molecule has 1 unspecified atom stereocenters. The quantitative estimate of drug-likeness (QED) is 0.683. The van der Waals surface area contributed by atoms with Crippen LogP contribution in [0.4, 0.5) is 0 Å². The van der Waals surface area contributed by atoms with Crippen LogP contribution in [0.1, 0.15) is 40.2 Å². The van der Waals surface area contributed by atoms with Gasteiger partial charge in [-0.05, 0) is 25.3 Å². The Kier molecular flexibility index (Phi) is 7.44. The van der Waals surface area contributed by atoms with Crippen molar-refractivity contribution in [3.8, 4) is 0 Å². The minimum absolute atomic E-state index is 0.102. The zero-order valence-electron chi connectivity index (χ0n) is 14.0. The third-order valence-electron chi connectivity index (χ3n) is 3.46. The number of benzene rings is 1. The topological polar surface area (TPSA) is 29.5 Å². The van der Waals surface area contributed by atoms with Crippen molar-refractivity contribution in [3.63, 3.8) is 0 Å². The molecule has 0 N–H and O–H groups in total. The second-order valence-corrected chi connectivity index (χ2v) is 6.44. The number of rotatable bonds is 8. The highest BCUT2D eigenvalue weighted by atomic mass is 16.5. The van der Waals surface area contributed by atoms with Crippen molar-refractivity contribution >= 4 is 5.97 Å². The molecular weight excluding hydrogens is 262 g/mol. The van der Waals surface area contributed by atoms with E-state index in [-0.39, 0.29) is 11.9 Å². The molecule has 0 aromatic heterocycles. The predicted octanol–water partition coefficient (Wildman–Crippen LogP) is 3.73. The molecule has 0 fully saturated rings. The molecule has 3 nitrogen and oxygen atoms in total. The minimum atomic E-state index is -0.117. The van der Waals surface area contributed by atoms with Gasteiger partial charge >= 0.3 is 5.97 Å². The summed E-state index contributed by atoms with van der Waals surface area (Å²) in [5, 5.41) is 0. The van der Waals surface area contributed by atoms with Crippen molar-refractivity contribution in [2.24, 2.45) is 11.8 Å². The summed E-state index contributed by atoms with van der Waals surface area (Å²) in [6.07, 6.45) is 0. The van der Waals surface area contributed by atoms with E-state index in [1.165, 1.54) is 0 Å². The molecule has 0 amide bonds. The summed E-state index contributed by atoms with van der Waals surface area (Å²) >= 11 is 0. The average Bonchev–Trinajstić information content (AvgIpc) is 2.44. The number of carbonyl (C=O) groups excluding carboxylic acids is 1. The SMILES string of the molecule is CC(C)CN(CC(C)C(=O)OCc1ccccc1)C(C)C. The third-order valence-corrected chi connectivity index (χ3v) is 3.46. The first-order valence-electron chi connectivity index (χ1n) is 7.84. The monoisotopic (exact) mass is 291 g/mol. The maximum atomic E-state index is 12.1. The fourth-order valence-corrected chi connectivity index (χ4v) is 2.26. The first-order valence-corrected chi connectivity index (χ1v) is 7.84. The summed E-state index contributed by atoms with van der Waals surface area (Å²) in [6.45, 7) is 12.8. The van der Waals surface area contributed by atoms with Gasteiger partial charge < -0.3 is 4.74 Å². The van der Waals surface area contributed by atoms with Gasteiger partial charge in [0.15, 0.2) is 0 Å². The average molecular weight is 291 g/mol. The molecule has 1 rings (SSSR count). The molecule has 0 aliphatic rings. The summed E-state index contributed by atoms with van der Waals surface area (Å²) in [5.74, 6) is 0.378. The Balaban J connectivity index is 2.45. The number of hydrogen-bond acceptors (Lipinski definition) is 3. The highest BCUT2D eigenvalue weighted by Crippen LogP contribution is 2.11. The molecule has 0 aliphatic heterocycles. The van der Waals surface area contributed by atoms with Crippen LogP contribution < -0.4 is 0 Å². The molecule has 0 spiro atoms. The molecule has 0 saturated carbocycles. The number of nitrogens with zero attached hydrogens (tertiary/aromatic N) is 1. The number of esters is 1. The fraction of sp³-hybridized carbons (Fsp3) is 0.611. The van der Waals surface area contributed by atoms with Crippen molar-refractivity contribution in [2.45, 2.75) is 47.3 Å². The molecule has 0 bridgehead atoms. The molecule has 0 radical (unpaired) electrons. The van der Waals surface area contributed by atoms with Crippen LogP contribution in [0.5, 0.6) is 0 Å². The molecule has 1 aromatic rings. The van der Waals surface area contributed by atoms with E-state index in [0.717, 1.165) is 18.7 Å². The van der Waals surface area contributed by atoms with Gasteiger partial charge in [-0.2, -0.15) is 0 Å². The Morgan fingerprint density at radius 2 is 1.67 bits per heavy atom. The lowest BCUT2D eigenvalue weighted by molar-refractivity contribution is -0.150. The van der Waals surface area contributed by atoms with E-state index in [4.69, 9.17) is 4.74 Å². The van der Waals surface area contributed by atoms with E-state index >= 15 is 0 Å². The molecule has 118 valence electrons. The Morgan fingerprint density at radius 3 is 2.19 bits per heavy atom. The molecule has 0 aliphatic carbocycles. The van der Waals surface area contributed by atoms with E-state index in [1.807, 2.05) is 37.3 Å². The van der Waals surface area contributed by atoms with Crippen molar-refractivity contribution in [1.82, 2.24) is 4.90 Å². The van der Waals surface area contributed by atoms with Crippen molar-refractivity contribution in [1.29, 1.82) is 0 Å². The van der Waals surface area contributed by atoms with Crippen LogP contribution >= 0.6 is 0 Å². The molecule has 3 heteroatoms. The third kappa shape index (κ3) is 6.76. The van der Waals surface area contributed by atoms with Crippen molar-refractivity contribution in [3.05, 3.63) is 35.9 Å². The highest BCUT2D eigenvalue weighted by molar-refractivity contribution is 5.72. The molecule has 0 saturated heterocycles. The van der Waals surface area contributed by atoms with E-state index in [2.05, 4.69) is 32.6 Å². The molecule has 0 heterocycles. The first-order chi connectivity index (χ1) is 9.90. The van der Waals surface area contributed by atoms with Crippen molar-refractivity contribution in [2.75, 3.05) is 13.1 Å². The van der Waals surface area contributed by atoms with E-state index < -0.39 is 0 Å². The van der Waals surface area contributed by atoms with Crippen molar-refractivity contribution < 1.29 is 9.53 Å².